The van der Waals surface area contributed by atoms with Gasteiger partial charge in [-0.3, -0.25) is 9.36 Å². The van der Waals surface area contributed by atoms with Gasteiger partial charge < -0.3 is 9.47 Å². The van der Waals surface area contributed by atoms with Crippen molar-refractivity contribution in [2.24, 2.45) is 4.99 Å². The lowest BCUT2D eigenvalue weighted by Crippen LogP contribution is -2.39. The number of benzene rings is 3. The van der Waals surface area contributed by atoms with Crippen molar-refractivity contribution in [2.45, 2.75) is 26.5 Å². The van der Waals surface area contributed by atoms with E-state index in [1.807, 2.05) is 6.07 Å². The molecule has 9 heteroatoms. The molecule has 0 aliphatic carbocycles. The van der Waals surface area contributed by atoms with Crippen LogP contribution in [0.15, 0.2) is 93.9 Å². The monoisotopic (exact) mass is 546 g/mol. The van der Waals surface area contributed by atoms with Gasteiger partial charge in [-0.2, -0.15) is 0 Å². The molecule has 0 spiro atoms. The summed E-state index contributed by atoms with van der Waals surface area (Å²) in [5, 5.41) is 0. The highest BCUT2D eigenvalue weighted by Gasteiger charge is 2.33. The van der Waals surface area contributed by atoms with Crippen molar-refractivity contribution < 1.29 is 23.0 Å². The van der Waals surface area contributed by atoms with Crippen LogP contribution in [0.5, 0.6) is 5.75 Å². The van der Waals surface area contributed by atoms with Crippen molar-refractivity contribution in [2.75, 3.05) is 6.61 Å². The largest absolute Gasteiger partial charge is 0.488 e. The molecule has 0 fully saturated rings. The van der Waals surface area contributed by atoms with Crippen LogP contribution in [0.3, 0.4) is 0 Å². The van der Waals surface area contributed by atoms with Crippen molar-refractivity contribution in [1.29, 1.82) is 0 Å². The maximum Gasteiger partial charge on any atom is 0.338 e. The molecular weight excluding hydrogens is 522 g/mol. The van der Waals surface area contributed by atoms with Gasteiger partial charge in [0.25, 0.3) is 5.56 Å². The first-order chi connectivity index (χ1) is 18.9. The lowest BCUT2D eigenvalue weighted by Gasteiger charge is -2.24. The second-order valence-electron chi connectivity index (χ2n) is 8.77. The van der Waals surface area contributed by atoms with Crippen molar-refractivity contribution >= 4 is 23.4 Å². The number of carbonyl (C=O) groups excluding carboxylic acids is 1. The number of esters is 1. The molecule has 0 N–H and O–H groups in total. The van der Waals surface area contributed by atoms with E-state index in [1.54, 1.807) is 68.5 Å². The maximum absolute atomic E-state index is 14.1. The van der Waals surface area contributed by atoms with E-state index in [4.69, 9.17) is 9.47 Å². The smallest absolute Gasteiger partial charge is 0.338 e. The maximum atomic E-state index is 14.1. The molecule has 1 aromatic heterocycles. The van der Waals surface area contributed by atoms with E-state index in [9.17, 15) is 18.4 Å². The quantitative estimate of drug-likeness (QED) is 0.317. The third-order valence-corrected chi connectivity index (χ3v) is 7.23. The van der Waals surface area contributed by atoms with Gasteiger partial charge in [-0.25, -0.2) is 18.6 Å². The zero-order valence-electron chi connectivity index (χ0n) is 21.2. The Balaban J connectivity index is 1.60. The third-order valence-electron chi connectivity index (χ3n) is 6.25. The van der Waals surface area contributed by atoms with Gasteiger partial charge in [-0.15, -0.1) is 0 Å². The summed E-state index contributed by atoms with van der Waals surface area (Å²) in [6.07, 6.45) is 1.69. The second-order valence-corrected chi connectivity index (χ2v) is 9.78. The van der Waals surface area contributed by atoms with Crippen LogP contribution in [-0.2, 0) is 16.1 Å². The number of rotatable bonds is 7. The van der Waals surface area contributed by atoms with Gasteiger partial charge in [0.1, 0.15) is 24.0 Å². The summed E-state index contributed by atoms with van der Waals surface area (Å²) in [4.78, 5) is 31.7. The zero-order chi connectivity index (χ0) is 27.5. The van der Waals surface area contributed by atoms with Crippen LogP contribution in [0.2, 0.25) is 0 Å². The number of carbonyl (C=O) groups is 1. The molecular formula is C30H24F2N2O4S. The van der Waals surface area contributed by atoms with Gasteiger partial charge >= 0.3 is 5.97 Å². The Morgan fingerprint density at radius 1 is 1.05 bits per heavy atom. The third kappa shape index (κ3) is 5.31. The average molecular weight is 547 g/mol. The van der Waals surface area contributed by atoms with Crippen molar-refractivity contribution in [3.63, 3.8) is 0 Å². The standard InChI is InChI=1S/C30H24F2N2O4S/c1-3-37-29(36)26-18(2)33-30-34(27(26)19-12-14-22(31)15-13-19)28(35)25(39-30)16-20-8-5-7-11-24(20)38-17-21-9-4-6-10-23(21)32/h4-16,27H,3,17H2,1-2H3/t27-/m1/s1. The number of hydrogen-bond donors (Lipinski definition) is 0. The van der Waals surface area contributed by atoms with E-state index in [2.05, 4.69) is 4.99 Å². The highest BCUT2D eigenvalue weighted by molar-refractivity contribution is 7.07. The summed E-state index contributed by atoms with van der Waals surface area (Å²) in [5.74, 6) is -0.910. The molecule has 0 bridgehead atoms. The molecule has 3 aromatic carbocycles. The SMILES string of the molecule is CCOC(=O)C1=C(C)N=c2sc(=Cc3ccccc3OCc3ccccc3F)c(=O)n2[C@@H]1c1ccc(F)cc1. The van der Waals surface area contributed by atoms with E-state index in [0.717, 1.165) is 0 Å². The van der Waals surface area contributed by atoms with Crippen molar-refractivity contribution in [3.8, 4) is 5.75 Å². The summed E-state index contributed by atoms with van der Waals surface area (Å²) < 4.78 is 40.8. The first-order valence-corrected chi connectivity index (χ1v) is 13.1. The second kappa shape index (κ2) is 11.2. The molecule has 1 aliphatic rings. The molecule has 39 heavy (non-hydrogen) atoms. The molecule has 0 unspecified atom stereocenters. The molecule has 4 aromatic rings. The Bertz CT molecular complexity index is 1760. The van der Waals surface area contributed by atoms with E-state index in [1.165, 1.54) is 34.1 Å². The predicted molar refractivity (Wildman–Crippen MR) is 144 cm³/mol. The number of thiazole rings is 1. The van der Waals surface area contributed by atoms with Gasteiger partial charge in [0, 0.05) is 11.1 Å². The molecule has 0 amide bonds. The fourth-order valence-corrected chi connectivity index (χ4v) is 5.43. The molecule has 0 saturated carbocycles. The van der Waals surface area contributed by atoms with Gasteiger partial charge in [0.05, 0.1) is 28.5 Å². The number of halogens is 2. The first kappa shape index (κ1) is 26.2. The molecule has 198 valence electrons. The number of ether oxygens (including phenoxy) is 2. The van der Waals surface area contributed by atoms with Crippen LogP contribution in [0.25, 0.3) is 6.08 Å². The molecule has 0 saturated heterocycles. The molecule has 5 rings (SSSR count). The minimum atomic E-state index is -0.837. The number of nitrogens with zero attached hydrogens (tertiary/aromatic N) is 2. The van der Waals surface area contributed by atoms with Gasteiger partial charge in [-0.1, -0.05) is 59.9 Å². The Labute approximate surface area is 226 Å². The van der Waals surface area contributed by atoms with E-state index < -0.39 is 17.8 Å². The predicted octanol–water partition coefficient (Wildman–Crippen LogP) is 4.66. The van der Waals surface area contributed by atoms with Crippen LogP contribution >= 0.6 is 11.3 Å². The highest BCUT2D eigenvalue weighted by Crippen LogP contribution is 2.31. The zero-order valence-corrected chi connectivity index (χ0v) is 22.0. The van der Waals surface area contributed by atoms with E-state index in [0.29, 0.717) is 37.5 Å². The molecule has 0 radical (unpaired) electrons. The molecule has 2 heterocycles. The molecule has 6 nitrogen and oxygen atoms in total. The normalized spacial score (nSPS) is 15.1. The van der Waals surface area contributed by atoms with Crippen molar-refractivity contribution in [1.82, 2.24) is 4.57 Å². The van der Waals surface area contributed by atoms with E-state index >= 15 is 0 Å². The number of para-hydroxylation sites is 1. The molecule has 1 aliphatic heterocycles. The van der Waals surface area contributed by atoms with Crippen LogP contribution in [0.1, 0.15) is 36.6 Å². The minimum Gasteiger partial charge on any atom is -0.488 e. The van der Waals surface area contributed by atoms with Crippen LogP contribution < -0.4 is 19.6 Å². The Morgan fingerprint density at radius 3 is 2.51 bits per heavy atom. The summed E-state index contributed by atoms with van der Waals surface area (Å²) in [7, 11) is 0. The summed E-state index contributed by atoms with van der Waals surface area (Å²) in [6, 6.07) is 18.3. The van der Waals surface area contributed by atoms with E-state index in [-0.39, 0.29) is 30.2 Å². The fourth-order valence-electron chi connectivity index (χ4n) is 4.40. The number of fused-ring (bicyclic) bond motifs is 1. The van der Waals surface area contributed by atoms with Crippen molar-refractivity contribution in [3.05, 3.63) is 132 Å². The summed E-state index contributed by atoms with van der Waals surface area (Å²) in [5.41, 5.74) is 1.85. The van der Waals surface area contributed by atoms with Crippen LogP contribution in [0.4, 0.5) is 8.78 Å². The lowest BCUT2D eigenvalue weighted by atomic mass is 9.96. The topological polar surface area (TPSA) is 69.9 Å². The number of allylic oxidation sites excluding steroid dienone is 1. The van der Waals surface area contributed by atoms with Gasteiger partial charge in [0.2, 0.25) is 0 Å². The number of aromatic nitrogens is 1. The van der Waals surface area contributed by atoms with Crippen LogP contribution in [0, 0.1) is 11.6 Å². The highest BCUT2D eigenvalue weighted by atomic mass is 32.1. The lowest BCUT2D eigenvalue weighted by molar-refractivity contribution is -0.139. The Hall–Kier alpha value is -4.37. The summed E-state index contributed by atoms with van der Waals surface area (Å²) in [6.45, 7) is 3.55. The van der Waals surface area contributed by atoms with Gasteiger partial charge in [-0.05, 0) is 49.8 Å². The number of hydrogen-bond acceptors (Lipinski definition) is 6. The Kier molecular flexibility index (Phi) is 7.51. The Morgan fingerprint density at radius 2 is 1.77 bits per heavy atom. The fraction of sp³-hybridized carbons (Fsp3) is 0.167. The summed E-state index contributed by atoms with van der Waals surface area (Å²) >= 11 is 1.17. The first-order valence-electron chi connectivity index (χ1n) is 12.3. The average Bonchev–Trinajstić information content (AvgIpc) is 3.23. The van der Waals surface area contributed by atoms with Gasteiger partial charge in [0.15, 0.2) is 4.80 Å². The van der Waals surface area contributed by atoms with Crippen LogP contribution in [-0.4, -0.2) is 17.1 Å². The molecule has 1 atom stereocenters. The minimum absolute atomic E-state index is 0.0193.